The average molecular weight is 368 g/mol. The molecule has 0 saturated carbocycles. The quantitative estimate of drug-likeness (QED) is 0.659. The van der Waals surface area contributed by atoms with Gasteiger partial charge in [-0.3, -0.25) is 19.7 Å². The third kappa shape index (κ3) is 3.89. The summed E-state index contributed by atoms with van der Waals surface area (Å²) >= 11 is 0. The summed E-state index contributed by atoms with van der Waals surface area (Å²) in [6, 6.07) is 13.4. The van der Waals surface area contributed by atoms with E-state index in [0.717, 1.165) is 0 Å². The van der Waals surface area contributed by atoms with E-state index in [9.17, 15) is 19.7 Å². The van der Waals surface area contributed by atoms with Crippen molar-refractivity contribution in [3.8, 4) is 0 Å². The predicted octanol–water partition coefficient (Wildman–Crippen LogP) is 2.23. The Morgan fingerprint density at radius 3 is 2.00 bits per heavy atom. The van der Waals surface area contributed by atoms with Crippen molar-refractivity contribution < 1.29 is 14.5 Å². The maximum absolute atomic E-state index is 12.7. The zero-order valence-corrected chi connectivity index (χ0v) is 14.9. The molecule has 0 aromatic heterocycles. The maximum Gasteiger partial charge on any atom is 0.293 e. The Labute approximate surface area is 156 Å². The summed E-state index contributed by atoms with van der Waals surface area (Å²) in [4.78, 5) is 39.2. The molecule has 1 aliphatic heterocycles. The molecule has 0 unspecified atom stereocenters. The summed E-state index contributed by atoms with van der Waals surface area (Å²) in [5, 5.41) is 13.9. The van der Waals surface area contributed by atoms with E-state index in [2.05, 4.69) is 5.32 Å². The van der Waals surface area contributed by atoms with Crippen molar-refractivity contribution in [2.24, 2.45) is 0 Å². The standard InChI is InChI=1S/C19H20N4O4/c1-20-16-8-7-15(13-17(16)23(26)27)19(25)22-11-9-21(10-12-22)18(24)14-5-3-2-4-6-14/h2-8,13,20H,9-12H2,1H3. The summed E-state index contributed by atoms with van der Waals surface area (Å²) in [7, 11) is 1.59. The number of carbonyl (C=O) groups is 2. The normalized spacial score (nSPS) is 14.0. The van der Waals surface area contributed by atoms with Gasteiger partial charge >= 0.3 is 0 Å². The van der Waals surface area contributed by atoms with Crippen molar-refractivity contribution in [3.63, 3.8) is 0 Å². The molecule has 1 fully saturated rings. The Bertz CT molecular complexity index is 861. The Morgan fingerprint density at radius 1 is 0.926 bits per heavy atom. The minimum atomic E-state index is -0.515. The Hall–Kier alpha value is -3.42. The van der Waals surface area contributed by atoms with Crippen molar-refractivity contribution >= 4 is 23.2 Å². The Kier molecular flexibility index (Phi) is 5.35. The van der Waals surface area contributed by atoms with E-state index >= 15 is 0 Å². The van der Waals surface area contributed by atoms with Gasteiger partial charge in [0.15, 0.2) is 0 Å². The number of nitrogens with one attached hydrogen (secondary N) is 1. The van der Waals surface area contributed by atoms with Crippen molar-refractivity contribution in [2.75, 3.05) is 38.5 Å². The van der Waals surface area contributed by atoms with Crippen molar-refractivity contribution in [3.05, 3.63) is 69.8 Å². The average Bonchev–Trinajstić information content (AvgIpc) is 2.73. The summed E-state index contributed by atoms with van der Waals surface area (Å²) < 4.78 is 0. The second-order valence-corrected chi connectivity index (χ2v) is 6.19. The van der Waals surface area contributed by atoms with Crippen LogP contribution in [0.3, 0.4) is 0 Å². The van der Waals surface area contributed by atoms with Crippen LogP contribution in [-0.2, 0) is 0 Å². The fourth-order valence-corrected chi connectivity index (χ4v) is 3.09. The Morgan fingerprint density at radius 2 is 1.48 bits per heavy atom. The molecule has 8 nitrogen and oxygen atoms in total. The number of rotatable bonds is 4. The lowest BCUT2D eigenvalue weighted by molar-refractivity contribution is -0.384. The van der Waals surface area contributed by atoms with Crippen LogP contribution in [0.4, 0.5) is 11.4 Å². The third-order valence-electron chi connectivity index (χ3n) is 4.59. The SMILES string of the molecule is CNc1ccc(C(=O)N2CCN(C(=O)c3ccccc3)CC2)cc1[N+](=O)[O-]. The van der Waals surface area contributed by atoms with E-state index in [-0.39, 0.29) is 23.1 Å². The van der Waals surface area contributed by atoms with Gasteiger partial charge in [-0.15, -0.1) is 0 Å². The van der Waals surface area contributed by atoms with E-state index in [1.807, 2.05) is 18.2 Å². The second kappa shape index (κ2) is 7.86. The molecule has 1 saturated heterocycles. The van der Waals surface area contributed by atoms with Crippen LogP contribution in [0.5, 0.6) is 0 Å². The van der Waals surface area contributed by atoms with Gasteiger partial charge in [0.1, 0.15) is 5.69 Å². The zero-order valence-electron chi connectivity index (χ0n) is 14.9. The van der Waals surface area contributed by atoms with Gasteiger partial charge in [0, 0.05) is 50.4 Å². The predicted molar refractivity (Wildman–Crippen MR) is 101 cm³/mol. The number of hydrogen-bond donors (Lipinski definition) is 1. The number of benzene rings is 2. The van der Waals surface area contributed by atoms with Crippen LogP contribution in [0.15, 0.2) is 48.5 Å². The summed E-state index contributed by atoms with van der Waals surface area (Å²) in [5.41, 5.74) is 1.11. The van der Waals surface area contributed by atoms with Crippen LogP contribution in [-0.4, -0.2) is 59.8 Å². The van der Waals surface area contributed by atoms with Crippen LogP contribution >= 0.6 is 0 Å². The van der Waals surface area contributed by atoms with Crippen molar-refractivity contribution in [1.82, 2.24) is 9.80 Å². The number of carbonyl (C=O) groups excluding carboxylic acids is 2. The molecule has 0 radical (unpaired) electrons. The minimum absolute atomic E-state index is 0.0586. The van der Waals surface area contributed by atoms with Gasteiger partial charge < -0.3 is 15.1 Å². The van der Waals surface area contributed by atoms with Crippen LogP contribution in [0.1, 0.15) is 20.7 Å². The van der Waals surface area contributed by atoms with E-state index in [0.29, 0.717) is 37.4 Å². The Balaban J connectivity index is 1.67. The van der Waals surface area contributed by atoms with Gasteiger partial charge in [0.25, 0.3) is 17.5 Å². The number of amides is 2. The molecule has 0 bridgehead atoms. The number of hydrogen-bond acceptors (Lipinski definition) is 5. The molecular weight excluding hydrogens is 348 g/mol. The number of nitrogens with zero attached hydrogens (tertiary/aromatic N) is 3. The molecule has 0 aliphatic carbocycles. The molecule has 0 atom stereocenters. The molecule has 3 rings (SSSR count). The summed E-state index contributed by atoms with van der Waals surface area (Å²) in [5.74, 6) is -0.329. The molecule has 1 N–H and O–H groups in total. The molecule has 8 heteroatoms. The molecule has 2 amide bonds. The van der Waals surface area contributed by atoms with E-state index < -0.39 is 4.92 Å². The van der Waals surface area contributed by atoms with E-state index in [4.69, 9.17) is 0 Å². The van der Waals surface area contributed by atoms with Crippen LogP contribution < -0.4 is 5.32 Å². The highest BCUT2D eigenvalue weighted by molar-refractivity contribution is 5.97. The van der Waals surface area contributed by atoms with E-state index in [1.54, 1.807) is 35.0 Å². The fourth-order valence-electron chi connectivity index (χ4n) is 3.09. The molecule has 1 aliphatic rings. The lowest BCUT2D eigenvalue weighted by atomic mass is 10.1. The van der Waals surface area contributed by atoms with Crippen molar-refractivity contribution in [1.29, 1.82) is 0 Å². The highest BCUT2D eigenvalue weighted by Crippen LogP contribution is 2.26. The van der Waals surface area contributed by atoms with Gasteiger partial charge in [-0.1, -0.05) is 18.2 Å². The molecule has 2 aromatic carbocycles. The van der Waals surface area contributed by atoms with Crippen LogP contribution in [0.25, 0.3) is 0 Å². The number of piperazine rings is 1. The summed E-state index contributed by atoms with van der Waals surface area (Å²) in [6.45, 7) is 1.63. The number of anilines is 1. The highest BCUT2D eigenvalue weighted by Gasteiger charge is 2.26. The van der Waals surface area contributed by atoms with Gasteiger partial charge in [0.05, 0.1) is 4.92 Å². The second-order valence-electron chi connectivity index (χ2n) is 6.19. The molecule has 27 heavy (non-hydrogen) atoms. The van der Waals surface area contributed by atoms with Crippen LogP contribution in [0, 0.1) is 10.1 Å². The van der Waals surface area contributed by atoms with Gasteiger partial charge in [-0.05, 0) is 24.3 Å². The molecule has 0 spiro atoms. The number of nitro benzene ring substituents is 1. The molecule has 2 aromatic rings. The monoisotopic (exact) mass is 368 g/mol. The topological polar surface area (TPSA) is 95.8 Å². The third-order valence-corrected chi connectivity index (χ3v) is 4.59. The largest absolute Gasteiger partial charge is 0.383 e. The molecule has 1 heterocycles. The van der Waals surface area contributed by atoms with Gasteiger partial charge in [-0.25, -0.2) is 0 Å². The minimum Gasteiger partial charge on any atom is -0.383 e. The zero-order chi connectivity index (χ0) is 19.4. The van der Waals surface area contributed by atoms with Gasteiger partial charge in [-0.2, -0.15) is 0 Å². The first-order chi connectivity index (χ1) is 13.0. The molecular formula is C19H20N4O4. The molecule has 140 valence electrons. The van der Waals surface area contributed by atoms with Crippen LogP contribution in [0.2, 0.25) is 0 Å². The number of nitro groups is 1. The maximum atomic E-state index is 12.7. The van der Waals surface area contributed by atoms with Crippen molar-refractivity contribution in [2.45, 2.75) is 0 Å². The lowest BCUT2D eigenvalue weighted by Gasteiger charge is -2.34. The first-order valence-electron chi connectivity index (χ1n) is 8.61. The smallest absolute Gasteiger partial charge is 0.293 e. The summed E-state index contributed by atoms with van der Waals surface area (Å²) in [6.07, 6.45) is 0. The van der Waals surface area contributed by atoms with E-state index in [1.165, 1.54) is 12.1 Å². The first-order valence-corrected chi connectivity index (χ1v) is 8.61. The first kappa shape index (κ1) is 18.4. The fraction of sp³-hybridized carbons (Fsp3) is 0.263. The lowest BCUT2D eigenvalue weighted by Crippen LogP contribution is -2.50. The highest BCUT2D eigenvalue weighted by atomic mass is 16.6. The van der Waals surface area contributed by atoms with Gasteiger partial charge in [0.2, 0.25) is 0 Å².